The minimum absolute atomic E-state index is 0.112. The number of ether oxygens (including phenoxy) is 8. The van der Waals surface area contributed by atoms with E-state index < -0.39 is 12.4 Å². The SMILES string of the molecule is COC(=O)C[C@H]1C[C@@H](O[C@H]2OC[C@@H](OC)[C@H](OC)[C@H]2OC)C[C@@H](CCOCc2ccccc2)O1. The summed E-state index contributed by atoms with van der Waals surface area (Å²) in [7, 11) is 6.22. The van der Waals surface area contributed by atoms with Crippen LogP contribution in [0.4, 0.5) is 0 Å². The second-order valence-electron chi connectivity index (χ2n) is 8.59. The fraction of sp³-hybridized carbons (Fsp3) is 0.720. The number of hydrogen-bond donors (Lipinski definition) is 0. The molecule has 0 saturated carbocycles. The van der Waals surface area contributed by atoms with Crippen LogP contribution in [-0.4, -0.2) is 90.5 Å². The van der Waals surface area contributed by atoms with Crippen LogP contribution in [0.15, 0.2) is 30.3 Å². The van der Waals surface area contributed by atoms with Crippen molar-refractivity contribution in [2.45, 2.75) is 75.2 Å². The molecule has 0 spiro atoms. The molecule has 0 aromatic heterocycles. The van der Waals surface area contributed by atoms with Crippen molar-refractivity contribution in [1.29, 1.82) is 0 Å². The second kappa shape index (κ2) is 14.1. The van der Waals surface area contributed by atoms with E-state index in [1.54, 1.807) is 21.3 Å². The van der Waals surface area contributed by atoms with Gasteiger partial charge in [0, 0.05) is 40.8 Å². The summed E-state index contributed by atoms with van der Waals surface area (Å²) in [5.41, 5.74) is 1.12. The Morgan fingerprint density at radius 2 is 1.71 bits per heavy atom. The highest BCUT2D eigenvalue weighted by Gasteiger charge is 2.44. The molecule has 0 aliphatic carbocycles. The van der Waals surface area contributed by atoms with Crippen molar-refractivity contribution in [3.63, 3.8) is 0 Å². The summed E-state index contributed by atoms with van der Waals surface area (Å²) in [4.78, 5) is 11.9. The quantitative estimate of drug-likeness (QED) is 0.329. The Balaban J connectivity index is 1.57. The van der Waals surface area contributed by atoms with Gasteiger partial charge >= 0.3 is 5.97 Å². The van der Waals surface area contributed by atoms with E-state index in [0.29, 0.717) is 39.1 Å². The standard InChI is InChI=1S/C25H38O9/c1-27-21-16-32-25(24(30-4)23(21)29-3)34-19-12-18(33-20(13-19)14-22(26)28-2)10-11-31-15-17-8-6-5-7-9-17/h5-9,18-21,23-25H,10-16H2,1-4H3/t18-,19+,20-,21-,23+,24-,25-/m1/s1. The van der Waals surface area contributed by atoms with Crippen LogP contribution in [0.5, 0.6) is 0 Å². The molecule has 1 aromatic rings. The normalized spacial score (nSPS) is 31.8. The van der Waals surface area contributed by atoms with Gasteiger partial charge in [0.25, 0.3) is 0 Å². The molecule has 0 bridgehead atoms. The third kappa shape index (κ3) is 7.71. The Bertz CT molecular complexity index is 716. The van der Waals surface area contributed by atoms with E-state index in [9.17, 15) is 4.79 Å². The number of hydrogen-bond acceptors (Lipinski definition) is 9. The number of methoxy groups -OCH3 is 4. The summed E-state index contributed by atoms with van der Waals surface area (Å²) in [6.07, 6.45) is -0.143. The molecule has 9 heteroatoms. The summed E-state index contributed by atoms with van der Waals surface area (Å²) in [5.74, 6) is -0.309. The second-order valence-corrected chi connectivity index (χ2v) is 8.59. The molecule has 2 saturated heterocycles. The van der Waals surface area contributed by atoms with Crippen molar-refractivity contribution in [2.24, 2.45) is 0 Å². The lowest BCUT2D eigenvalue weighted by molar-refractivity contribution is -0.302. The number of rotatable bonds is 12. The lowest BCUT2D eigenvalue weighted by Gasteiger charge is -2.43. The van der Waals surface area contributed by atoms with E-state index in [-0.39, 0.29) is 42.9 Å². The van der Waals surface area contributed by atoms with Crippen molar-refractivity contribution < 1.29 is 42.7 Å². The minimum atomic E-state index is -0.613. The van der Waals surface area contributed by atoms with E-state index in [1.807, 2.05) is 30.3 Å². The summed E-state index contributed by atoms with van der Waals surface area (Å²) in [6, 6.07) is 10.0. The predicted octanol–water partition coefficient (Wildman–Crippen LogP) is 2.49. The van der Waals surface area contributed by atoms with E-state index in [4.69, 9.17) is 37.9 Å². The predicted molar refractivity (Wildman–Crippen MR) is 122 cm³/mol. The minimum Gasteiger partial charge on any atom is -0.469 e. The van der Waals surface area contributed by atoms with Crippen molar-refractivity contribution in [3.8, 4) is 0 Å². The van der Waals surface area contributed by atoms with Gasteiger partial charge in [0.15, 0.2) is 6.29 Å². The molecular weight excluding hydrogens is 444 g/mol. The molecule has 192 valence electrons. The Morgan fingerprint density at radius 3 is 2.38 bits per heavy atom. The fourth-order valence-electron chi connectivity index (χ4n) is 4.53. The lowest BCUT2D eigenvalue weighted by Crippen LogP contribution is -2.57. The third-order valence-corrected chi connectivity index (χ3v) is 6.31. The van der Waals surface area contributed by atoms with E-state index in [1.165, 1.54) is 7.11 Å². The number of carbonyl (C=O) groups is 1. The summed E-state index contributed by atoms with van der Waals surface area (Å²) in [5, 5.41) is 0. The number of benzene rings is 1. The first-order chi connectivity index (χ1) is 16.6. The topological polar surface area (TPSA) is 90.9 Å². The Morgan fingerprint density at radius 1 is 0.971 bits per heavy atom. The molecule has 2 heterocycles. The average molecular weight is 483 g/mol. The van der Waals surface area contributed by atoms with Crippen LogP contribution in [0.3, 0.4) is 0 Å². The van der Waals surface area contributed by atoms with Crippen molar-refractivity contribution in [2.75, 3.05) is 41.7 Å². The molecule has 7 atom stereocenters. The molecule has 0 radical (unpaired) electrons. The zero-order valence-corrected chi connectivity index (χ0v) is 20.6. The van der Waals surface area contributed by atoms with Crippen LogP contribution in [-0.2, 0) is 49.3 Å². The van der Waals surface area contributed by atoms with Crippen LogP contribution in [0.1, 0.15) is 31.2 Å². The number of esters is 1. The molecule has 1 aromatic carbocycles. The maximum atomic E-state index is 11.9. The van der Waals surface area contributed by atoms with Gasteiger partial charge in [-0.2, -0.15) is 0 Å². The maximum Gasteiger partial charge on any atom is 0.308 e. The van der Waals surface area contributed by atoms with Gasteiger partial charge in [-0.1, -0.05) is 30.3 Å². The van der Waals surface area contributed by atoms with Gasteiger partial charge in [-0.05, 0) is 12.0 Å². The first-order valence-corrected chi connectivity index (χ1v) is 11.8. The maximum absolute atomic E-state index is 11.9. The van der Waals surface area contributed by atoms with Gasteiger partial charge in [-0.25, -0.2) is 0 Å². The molecule has 3 rings (SSSR count). The smallest absolute Gasteiger partial charge is 0.308 e. The first kappa shape index (κ1) is 27.0. The fourth-order valence-corrected chi connectivity index (χ4v) is 4.53. The van der Waals surface area contributed by atoms with Crippen molar-refractivity contribution in [1.82, 2.24) is 0 Å². The van der Waals surface area contributed by atoms with Gasteiger partial charge in [0.2, 0.25) is 0 Å². The molecule has 0 unspecified atom stereocenters. The third-order valence-electron chi connectivity index (χ3n) is 6.31. The van der Waals surface area contributed by atoms with Crippen LogP contribution in [0, 0.1) is 0 Å². The van der Waals surface area contributed by atoms with Gasteiger partial charge in [-0.3, -0.25) is 4.79 Å². The molecule has 0 N–H and O–H groups in total. The largest absolute Gasteiger partial charge is 0.469 e. The summed E-state index contributed by atoms with van der Waals surface area (Å²) >= 11 is 0. The van der Waals surface area contributed by atoms with E-state index in [2.05, 4.69) is 0 Å². The van der Waals surface area contributed by atoms with Crippen molar-refractivity contribution in [3.05, 3.63) is 35.9 Å². The van der Waals surface area contributed by atoms with Gasteiger partial charge in [-0.15, -0.1) is 0 Å². The van der Waals surface area contributed by atoms with Crippen LogP contribution in [0.2, 0.25) is 0 Å². The molecule has 9 nitrogen and oxygen atoms in total. The first-order valence-electron chi connectivity index (χ1n) is 11.8. The Kier molecular flexibility index (Phi) is 11.2. The molecule has 2 aliphatic heterocycles. The molecule has 2 fully saturated rings. The van der Waals surface area contributed by atoms with Gasteiger partial charge in [0.1, 0.15) is 18.3 Å². The van der Waals surface area contributed by atoms with Crippen LogP contribution >= 0.6 is 0 Å². The van der Waals surface area contributed by atoms with Crippen LogP contribution < -0.4 is 0 Å². The van der Waals surface area contributed by atoms with E-state index in [0.717, 1.165) is 5.56 Å². The zero-order chi connectivity index (χ0) is 24.3. The highest BCUT2D eigenvalue weighted by Crippen LogP contribution is 2.31. The zero-order valence-electron chi connectivity index (χ0n) is 20.6. The Hall–Kier alpha value is -1.59. The highest BCUT2D eigenvalue weighted by molar-refractivity contribution is 5.69. The summed E-state index contributed by atoms with van der Waals surface area (Å²) in [6.45, 7) is 1.42. The monoisotopic (exact) mass is 482 g/mol. The summed E-state index contributed by atoms with van der Waals surface area (Å²) < 4.78 is 45.9. The Labute approximate surface area is 201 Å². The lowest BCUT2D eigenvalue weighted by atomic mass is 9.97. The molecular formula is C25H38O9. The van der Waals surface area contributed by atoms with Gasteiger partial charge < -0.3 is 37.9 Å². The number of carbonyl (C=O) groups excluding carboxylic acids is 1. The van der Waals surface area contributed by atoms with Crippen LogP contribution in [0.25, 0.3) is 0 Å². The molecule has 0 amide bonds. The van der Waals surface area contributed by atoms with Gasteiger partial charge in [0.05, 0.1) is 45.1 Å². The van der Waals surface area contributed by atoms with E-state index >= 15 is 0 Å². The molecule has 34 heavy (non-hydrogen) atoms. The average Bonchev–Trinajstić information content (AvgIpc) is 2.86. The van der Waals surface area contributed by atoms with Crippen molar-refractivity contribution >= 4 is 5.97 Å². The highest BCUT2D eigenvalue weighted by atomic mass is 16.7. The molecule has 2 aliphatic rings.